The highest BCUT2D eigenvalue weighted by atomic mass is 16.6. The highest BCUT2D eigenvalue weighted by Crippen LogP contribution is 2.38. The number of likely N-dealkylation sites (tertiary alicyclic amines) is 1. The molecule has 4 rings (SSSR count). The minimum atomic E-state index is -0.267. The normalized spacial score (nSPS) is 19.0. The van der Waals surface area contributed by atoms with E-state index in [1.54, 1.807) is 4.90 Å². The highest BCUT2D eigenvalue weighted by molar-refractivity contribution is 5.99. The molecule has 6 heteroatoms. The lowest BCUT2D eigenvalue weighted by atomic mass is 10.0. The van der Waals surface area contributed by atoms with Crippen LogP contribution >= 0.6 is 0 Å². The molecule has 1 saturated heterocycles. The molecule has 158 valence electrons. The zero-order chi connectivity index (χ0) is 21.3. The van der Waals surface area contributed by atoms with Crippen molar-refractivity contribution in [1.29, 1.82) is 0 Å². The number of carbonyl (C=O) groups excluding carboxylic acids is 2. The minimum absolute atomic E-state index is 0.0583. The van der Waals surface area contributed by atoms with Gasteiger partial charge in [-0.05, 0) is 56.9 Å². The van der Waals surface area contributed by atoms with E-state index in [4.69, 9.17) is 4.74 Å². The second kappa shape index (κ2) is 8.38. The van der Waals surface area contributed by atoms with E-state index >= 15 is 0 Å². The van der Waals surface area contributed by atoms with Crippen LogP contribution in [-0.2, 0) is 4.74 Å². The first-order valence-corrected chi connectivity index (χ1v) is 10.7. The average molecular weight is 408 g/mol. The lowest BCUT2D eigenvalue weighted by molar-refractivity contribution is 0.0496. The van der Waals surface area contributed by atoms with Crippen molar-refractivity contribution in [2.24, 2.45) is 0 Å². The Bertz CT molecular complexity index is 950. The Morgan fingerprint density at radius 3 is 2.60 bits per heavy atom. The molecular weight excluding hydrogens is 378 g/mol. The van der Waals surface area contributed by atoms with E-state index in [-0.39, 0.29) is 24.2 Å². The fraction of sp³-hybridized carbons (Fsp3) is 0.417. The second-order valence-corrected chi connectivity index (χ2v) is 8.08. The van der Waals surface area contributed by atoms with Crippen LogP contribution in [0.1, 0.15) is 53.0 Å². The molecule has 2 aromatic carbocycles. The fourth-order valence-corrected chi connectivity index (χ4v) is 4.44. The average Bonchev–Trinajstić information content (AvgIpc) is 3.03. The van der Waals surface area contributed by atoms with Gasteiger partial charge in [0.25, 0.3) is 5.91 Å². The maximum absolute atomic E-state index is 13.3. The number of carbonyl (C=O) groups is 2. The number of hydrogen-bond acceptors (Lipinski definition) is 4. The summed E-state index contributed by atoms with van der Waals surface area (Å²) < 4.78 is 5.13. The van der Waals surface area contributed by atoms with Gasteiger partial charge in [0.2, 0.25) is 0 Å². The smallest absolute Gasteiger partial charge is 0.409 e. The van der Waals surface area contributed by atoms with Crippen LogP contribution in [0.4, 0.5) is 10.5 Å². The van der Waals surface area contributed by atoms with Crippen LogP contribution in [-0.4, -0.2) is 47.5 Å². The molecule has 2 heterocycles. The summed E-state index contributed by atoms with van der Waals surface area (Å²) in [5.41, 5.74) is 5.13. The van der Waals surface area contributed by atoms with Gasteiger partial charge in [-0.1, -0.05) is 30.3 Å². The van der Waals surface area contributed by atoms with Gasteiger partial charge in [-0.2, -0.15) is 0 Å². The molecule has 6 nitrogen and oxygen atoms in total. The number of anilines is 1. The third kappa shape index (κ3) is 3.74. The minimum Gasteiger partial charge on any atom is -0.450 e. The molecule has 2 aliphatic rings. The quantitative estimate of drug-likeness (QED) is 0.811. The Morgan fingerprint density at radius 2 is 1.87 bits per heavy atom. The summed E-state index contributed by atoms with van der Waals surface area (Å²) in [6.07, 6.45) is 0.998. The molecule has 2 aromatic rings. The third-order valence-electron chi connectivity index (χ3n) is 6.07. The molecule has 0 saturated carbocycles. The van der Waals surface area contributed by atoms with Crippen molar-refractivity contribution >= 4 is 17.7 Å². The molecule has 1 N–H and O–H groups in total. The zero-order valence-electron chi connectivity index (χ0n) is 17.9. The van der Waals surface area contributed by atoms with E-state index in [0.717, 1.165) is 35.2 Å². The standard InChI is InChI=1S/C24H29N3O3/c1-4-30-24(29)26-13-11-18(12-14-26)27-22(19-7-5-6-8-20(19)23(27)28)25-21-15-16(2)9-10-17(21)3/h5-10,15,18,22,25H,4,11-14H2,1-3H3. The number of fused-ring (bicyclic) bond motifs is 1. The van der Waals surface area contributed by atoms with Crippen molar-refractivity contribution in [3.8, 4) is 0 Å². The van der Waals surface area contributed by atoms with Gasteiger partial charge in [-0.15, -0.1) is 0 Å². The summed E-state index contributed by atoms with van der Waals surface area (Å²) in [5.74, 6) is 0.0583. The van der Waals surface area contributed by atoms with E-state index in [9.17, 15) is 9.59 Å². The Balaban J connectivity index is 1.59. The van der Waals surface area contributed by atoms with Crippen molar-refractivity contribution in [2.45, 2.75) is 45.8 Å². The highest BCUT2D eigenvalue weighted by Gasteiger charge is 2.42. The summed E-state index contributed by atoms with van der Waals surface area (Å²) in [7, 11) is 0. The predicted octanol–water partition coefficient (Wildman–Crippen LogP) is 4.49. The molecule has 0 aliphatic carbocycles. The number of hydrogen-bond donors (Lipinski definition) is 1. The van der Waals surface area contributed by atoms with Gasteiger partial charge in [-0.3, -0.25) is 4.79 Å². The maximum Gasteiger partial charge on any atom is 0.409 e. The van der Waals surface area contributed by atoms with Gasteiger partial charge in [0.05, 0.1) is 6.61 Å². The molecule has 30 heavy (non-hydrogen) atoms. The number of amides is 2. The van der Waals surface area contributed by atoms with E-state index in [1.165, 1.54) is 5.56 Å². The number of nitrogens with zero attached hydrogens (tertiary/aromatic N) is 2. The van der Waals surface area contributed by atoms with Gasteiger partial charge in [0.15, 0.2) is 0 Å². The summed E-state index contributed by atoms with van der Waals surface area (Å²) in [5, 5.41) is 3.64. The van der Waals surface area contributed by atoms with Crippen LogP contribution in [0.5, 0.6) is 0 Å². The molecule has 0 bridgehead atoms. The SMILES string of the molecule is CCOC(=O)N1CCC(N2C(=O)c3ccccc3C2Nc2cc(C)ccc2C)CC1. The van der Waals surface area contributed by atoms with E-state index < -0.39 is 0 Å². The molecule has 1 unspecified atom stereocenters. The van der Waals surface area contributed by atoms with Gasteiger partial charge in [0.1, 0.15) is 6.17 Å². The van der Waals surface area contributed by atoms with Crippen LogP contribution in [0.2, 0.25) is 0 Å². The first-order chi connectivity index (χ1) is 14.5. The first-order valence-electron chi connectivity index (χ1n) is 10.7. The van der Waals surface area contributed by atoms with Gasteiger partial charge >= 0.3 is 6.09 Å². The van der Waals surface area contributed by atoms with Gasteiger partial charge in [0, 0.05) is 35.9 Å². The first kappa shape index (κ1) is 20.3. The summed E-state index contributed by atoms with van der Waals surface area (Å²) in [4.78, 5) is 29.1. The maximum atomic E-state index is 13.3. The number of nitrogens with one attached hydrogen (secondary N) is 1. The largest absolute Gasteiger partial charge is 0.450 e. The van der Waals surface area contributed by atoms with Crippen molar-refractivity contribution in [1.82, 2.24) is 9.80 Å². The molecule has 2 amide bonds. The monoisotopic (exact) mass is 407 g/mol. The van der Waals surface area contributed by atoms with E-state index in [2.05, 4.69) is 37.4 Å². The van der Waals surface area contributed by atoms with Crippen LogP contribution < -0.4 is 5.32 Å². The van der Waals surface area contributed by atoms with Crippen LogP contribution in [0.15, 0.2) is 42.5 Å². The van der Waals surface area contributed by atoms with E-state index in [0.29, 0.717) is 19.7 Å². The summed E-state index contributed by atoms with van der Waals surface area (Å²) in [6.45, 7) is 7.53. The van der Waals surface area contributed by atoms with Crippen molar-refractivity contribution in [3.05, 3.63) is 64.7 Å². The zero-order valence-corrected chi connectivity index (χ0v) is 17.9. The molecular formula is C24H29N3O3. The number of benzene rings is 2. The molecule has 0 spiro atoms. The summed E-state index contributed by atoms with van der Waals surface area (Å²) in [6, 6.07) is 14.2. The molecule has 0 aromatic heterocycles. The Labute approximate surface area is 177 Å². The molecule has 1 fully saturated rings. The Kier molecular flexibility index (Phi) is 5.66. The molecule has 0 radical (unpaired) electrons. The Hall–Kier alpha value is -3.02. The Morgan fingerprint density at radius 1 is 1.13 bits per heavy atom. The topological polar surface area (TPSA) is 61.9 Å². The summed E-state index contributed by atoms with van der Waals surface area (Å²) >= 11 is 0. The predicted molar refractivity (Wildman–Crippen MR) is 117 cm³/mol. The van der Waals surface area contributed by atoms with Crippen molar-refractivity contribution in [3.63, 3.8) is 0 Å². The fourth-order valence-electron chi connectivity index (χ4n) is 4.44. The number of rotatable bonds is 4. The lowest BCUT2D eigenvalue weighted by Gasteiger charge is -2.39. The van der Waals surface area contributed by atoms with Crippen LogP contribution in [0.25, 0.3) is 0 Å². The van der Waals surface area contributed by atoms with Gasteiger partial charge in [-0.25, -0.2) is 4.79 Å². The van der Waals surface area contributed by atoms with Gasteiger partial charge < -0.3 is 19.9 Å². The van der Waals surface area contributed by atoms with Crippen molar-refractivity contribution < 1.29 is 14.3 Å². The molecule has 2 aliphatic heterocycles. The number of ether oxygens (including phenoxy) is 1. The number of piperidine rings is 1. The van der Waals surface area contributed by atoms with Crippen molar-refractivity contribution in [2.75, 3.05) is 25.0 Å². The second-order valence-electron chi connectivity index (χ2n) is 8.08. The van der Waals surface area contributed by atoms with Crippen LogP contribution in [0.3, 0.4) is 0 Å². The third-order valence-corrected chi connectivity index (χ3v) is 6.07. The molecule has 1 atom stereocenters. The number of aryl methyl sites for hydroxylation is 2. The van der Waals surface area contributed by atoms with E-state index in [1.807, 2.05) is 36.1 Å². The lowest BCUT2D eigenvalue weighted by Crippen LogP contribution is -2.49. The van der Waals surface area contributed by atoms with Crippen LogP contribution in [0, 0.1) is 13.8 Å².